The van der Waals surface area contributed by atoms with Crippen LogP contribution in [0.2, 0.25) is 5.02 Å². The lowest BCUT2D eigenvalue weighted by Gasteiger charge is -2.35. The van der Waals surface area contributed by atoms with Crippen molar-refractivity contribution in [3.63, 3.8) is 0 Å². The van der Waals surface area contributed by atoms with E-state index < -0.39 is 0 Å². The second-order valence-corrected chi connectivity index (χ2v) is 7.09. The molecule has 0 atom stereocenters. The number of piperazine rings is 1. The van der Waals surface area contributed by atoms with Crippen LogP contribution < -0.4 is 4.90 Å². The maximum atomic E-state index is 12.5. The first kappa shape index (κ1) is 19.1. The minimum atomic E-state index is 0.180. The minimum Gasteiger partial charge on any atom is -0.339 e. The van der Waals surface area contributed by atoms with Crippen LogP contribution in [0.25, 0.3) is 0 Å². The van der Waals surface area contributed by atoms with Crippen LogP contribution >= 0.6 is 11.6 Å². The molecule has 1 aliphatic heterocycles. The molecule has 1 aromatic heterocycles. The van der Waals surface area contributed by atoms with E-state index in [2.05, 4.69) is 16.0 Å². The van der Waals surface area contributed by atoms with E-state index in [1.54, 1.807) is 6.07 Å². The largest absolute Gasteiger partial charge is 0.339 e. The molecule has 0 radical (unpaired) electrons. The van der Waals surface area contributed by atoms with Crippen molar-refractivity contribution in [3.05, 3.63) is 52.3 Å². The van der Waals surface area contributed by atoms with Gasteiger partial charge in [0.1, 0.15) is 11.8 Å². The number of nitrogens with zero attached hydrogens (tertiary/aromatic N) is 5. The topological polar surface area (TPSA) is 73.1 Å². The van der Waals surface area contributed by atoms with Gasteiger partial charge in [-0.25, -0.2) is 9.97 Å². The summed E-state index contributed by atoms with van der Waals surface area (Å²) in [5.41, 5.74) is 2.30. The summed E-state index contributed by atoms with van der Waals surface area (Å²) >= 11 is 5.99. The van der Waals surface area contributed by atoms with Crippen molar-refractivity contribution in [1.82, 2.24) is 14.9 Å². The lowest BCUT2D eigenvalue weighted by molar-refractivity contribution is -0.131. The van der Waals surface area contributed by atoms with Crippen molar-refractivity contribution in [2.24, 2.45) is 0 Å². The first-order valence-electron chi connectivity index (χ1n) is 9.08. The fraction of sp³-hybridized carbons (Fsp3) is 0.400. The molecular weight excluding hydrogens is 362 g/mol. The Morgan fingerprint density at radius 1 is 1.22 bits per heavy atom. The van der Waals surface area contributed by atoms with Crippen molar-refractivity contribution >= 4 is 23.5 Å². The molecule has 1 fully saturated rings. The van der Waals surface area contributed by atoms with Crippen LogP contribution in [0, 0.1) is 18.3 Å². The summed E-state index contributed by atoms with van der Waals surface area (Å²) in [6.07, 6.45) is 2.19. The number of hydrogen-bond donors (Lipinski definition) is 0. The number of aromatic nitrogens is 2. The van der Waals surface area contributed by atoms with Crippen molar-refractivity contribution < 1.29 is 4.79 Å². The quantitative estimate of drug-likeness (QED) is 0.793. The van der Waals surface area contributed by atoms with E-state index in [1.165, 1.54) is 0 Å². The molecule has 0 bridgehead atoms. The van der Waals surface area contributed by atoms with Crippen molar-refractivity contribution in [2.45, 2.75) is 26.2 Å². The number of anilines is 1. The summed E-state index contributed by atoms with van der Waals surface area (Å²) in [5.74, 6) is 0.749. The highest BCUT2D eigenvalue weighted by Crippen LogP contribution is 2.16. The van der Waals surface area contributed by atoms with Gasteiger partial charge in [-0.3, -0.25) is 4.79 Å². The number of hydrogen-bond acceptors (Lipinski definition) is 5. The highest BCUT2D eigenvalue weighted by atomic mass is 35.5. The fourth-order valence-electron chi connectivity index (χ4n) is 3.20. The Bertz CT molecular complexity index is 856. The second-order valence-electron chi connectivity index (χ2n) is 6.66. The van der Waals surface area contributed by atoms with E-state index in [4.69, 9.17) is 16.9 Å². The SMILES string of the molecule is Cc1cc(C#N)nc(N2CCN(C(=O)CCCc3cccc(Cl)c3)CC2)n1. The van der Waals surface area contributed by atoms with E-state index in [9.17, 15) is 4.79 Å². The molecule has 1 aromatic carbocycles. The molecular formula is C20H22ClN5O. The summed E-state index contributed by atoms with van der Waals surface area (Å²) < 4.78 is 0. The Morgan fingerprint density at radius 2 is 2.00 bits per heavy atom. The van der Waals surface area contributed by atoms with Crippen molar-refractivity contribution in [2.75, 3.05) is 31.1 Å². The van der Waals surface area contributed by atoms with E-state index in [-0.39, 0.29) is 5.91 Å². The van der Waals surface area contributed by atoms with Crippen molar-refractivity contribution in [3.8, 4) is 6.07 Å². The normalized spacial score (nSPS) is 14.1. The first-order valence-corrected chi connectivity index (χ1v) is 9.46. The molecule has 0 aliphatic carbocycles. The third-order valence-electron chi connectivity index (χ3n) is 4.62. The lowest BCUT2D eigenvalue weighted by Crippen LogP contribution is -2.49. The van der Waals surface area contributed by atoms with Crippen LogP contribution in [-0.4, -0.2) is 47.0 Å². The van der Waals surface area contributed by atoms with Gasteiger partial charge in [0, 0.05) is 43.3 Å². The van der Waals surface area contributed by atoms with Gasteiger partial charge in [0.25, 0.3) is 0 Å². The zero-order valence-corrected chi connectivity index (χ0v) is 16.1. The third kappa shape index (κ3) is 5.18. The Labute approximate surface area is 164 Å². The summed E-state index contributed by atoms with van der Waals surface area (Å²) in [4.78, 5) is 25.1. The molecule has 0 N–H and O–H groups in total. The Hall–Kier alpha value is -2.65. The summed E-state index contributed by atoms with van der Waals surface area (Å²) in [7, 11) is 0. The van der Waals surface area contributed by atoms with Gasteiger partial charge in [-0.2, -0.15) is 5.26 Å². The van der Waals surface area contributed by atoms with Crippen molar-refractivity contribution in [1.29, 1.82) is 5.26 Å². The molecule has 2 heterocycles. The highest BCUT2D eigenvalue weighted by molar-refractivity contribution is 6.30. The number of benzene rings is 1. The Morgan fingerprint density at radius 3 is 2.70 bits per heavy atom. The van der Waals surface area contributed by atoms with E-state index in [0.29, 0.717) is 44.2 Å². The van der Waals surface area contributed by atoms with Crippen LogP contribution in [-0.2, 0) is 11.2 Å². The predicted molar refractivity (Wildman–Crippen MR) is 105 cm³/mol. The number of nitriles is 1. The van der Waals surface area contributed by atoms with E-state index in [1.807, 2.05) is 41.0 Å². The zero-order chi connectivity index (χ0) is 19.2. The summed E-state index contributed by atoms with van der Waals surface area (Å²) in [5, 5.41) is 9.79. The first-order chi connectivity index (χ1) is 13.0. The number of carbonyl (C=O) groups excluding carboxylic acids is 1. The van der Waals surface area contributed by atoms with Gasteiger partial charge in [0.05, 0.1) is 0 Å². The number of aryl methyl sites for hydroxylation is 2. The maximum absolute atomic E-state index is 12.5. The Balaban J connectivity index is 1.48. The highest BCUT2D eigenvalue weighted by Gasteiger charge is 2.22. The number of carbonyl (C=O) groups is 1. The molecule has 0 spiro atoms. The van der Waals surface area contributed by atoms with Crippen LogP contribution in [0.3, 0.4) is 0 Å². The monoisotopic (exact) mass is 383 g/mol. The second kappa shape index (κ2) is 8.83. The summed E-state index contributed by atoms with van der Waals surface area (Å²) in [6, 6.07) is 11.5. The average molecular weight is 384 g/mol. The van der Waals surface area contributed by atoms with Gasteiger partial charge in [0.2, 0.25) is 11.9 Å². The average Bonchev–Trinajstić information content (AvgIpc) is 2.67. The molecule has 1 amide bonds. The number of amides is 1. The van der Waals surface area contributed by atoms with Crippen LogP contribution in [0.1, 0.15) is 29.8 Å². The smallest absolute Gasteiger partial charge is 0.226 e. The van der Waals surface area contributed by atoms with Gasteiger partial charge in [-0.1, -0.05) is 23.7 Å². The number of rotatable bonds is 5. The fourth-order valence-corrected chi connectivity index (χ4v) is 3.41. The van der Waals surface area contributed by atoms with Crippen LogP contribution in [0.4, 0.5) is 5.95 Å². The van der Waals surface area contributed by atoms with Crippen LogP contribution in [0.5, 0.6) is 0 Å². The van der Waals surface area contributed by atoms with E-state index >= 15 is 0 Å². The van der Waals surface area contributed by atoms with Gasteiger partial charge < -0.3 is 9.80 Å². The number of halogens is 1. The predicted octanol–water partition coefficient (Wildman–Crippen LogP) is 2.98. The lowest BCUT2D eigenvalue weighted by atomic mass is 10.1. The van der Waals surface area contributed by atoms with Gasteiger partial charge in [-0.15, -0.1) is 0 Å². The van der Waals surface area contributed by atoms with E-state index in [0.717, 1.165) is 29.1 Å². The minimum absolute atomic E-state index is 0.180. The molecule has 140 valence electrons. The molecule has 1 aliphatic rings. The molecule has 0 unspecified atom stereocenters. The molecule has 1 saturated heterocycles. The molecule has 2 aromatic rings. The third-order valence-corrected chi connectivity index (χ3v) is 4.85. The zero-order valence-electron chi connectivity index (χ0n) is 15.4. The molecule has 3 rings (SSSR count). The Kier molecular flexibility index (Phi) is 6.25. The van der Waals surface area contributed by atoms with Gasteiger partial charge in [-0.05, 0) is 43.5 Å². The molecule has 6 nitrogen and oxygen atoms in total. The summed E-state index contributed by atoms with van der Waals surface area (Å²) in [6.45, 7) is 4.50. The molecule has 27 heavy (non-hydrogen) atoms. The molecule has 7 heteroatoms. The molecule has 0 saturated carbocycles. The van der Waals surface area contributed by atoms with Gasteiger partial charge in [0.15, 0.2) is 0 Å². The maximum Gasteiger partial charge on any atom is 0.226 e. The van der Waals surface area contributed by atoms with Crippen LogP contribution in [0.15, 0.2) is 30.3 Å². The van der Waals surface area contributed by atoms with Gasteiger partial charge >= 0.3 is 0 Å². The standard InChI is InChI=1S/C20H22ClN5O/c1-15-12-18(14-22)24-20(23-15)26-10-8-25(9-11-26)19(27)7-3-5-16-4-2-6-17(21)13-16/h2,4,6,12-13H,3,5,7-11H2,1H3.